The highest BCUT2D eigenvalue weighted by Gasteiger charge is 2.44. The van der Waals surface area contributed by atoms with E-state index in [1.54, 1.807) is 24.4 Å². The van der Waals surface area contributed by atoms with E-state index in [-0.39, 0.29) is 5.56 Å². The number of hydrogen-bond acceptors (Lipinski definition) is 6. The van der Waals surface area contributed by atoms with Crippen molar-refractivity contribution in [3.8, 4) is 11.8 Å². The molecule has 0 aliphatic heterocycles. The van der Waals surface area contributed by atoms with Gasteiger partial charge in [-0.3, -0.25) is 14.8 Å². The molecular weight excluding hydrogens is 378 g/mol. The molecular formula is C17H16F2N4O3S. The standard InChI is InChI=1S/C17H16F2N4O3S/c1-17(20,16(18)19)13(15(25)23-26)22-14(24)11-5-2-10(3-6-11)4-7-12-8-9-21-27-12/h2-3,5-6,8-9,13,16,26H,20H2,1H3,(H,22,24)(H,23,25)/t13-,17?/m1/s1. The number of nitrogens with zero attached hydrogens (tertiary/aromatic N) is 1. The Labute approximate surface area is 157 Å². The molecule has 0 saturated carbocycles. The molecule has 27 heavy (non-hydrogen) atoms. The van der Waals surface area contributed by atoms with Crippen molar-refractivity contribution in [1.82, 2.24) is 15.2 Å². The Bertz CT molecular complexity index is 859. The van der Waals surface area contributed by atoms with E-state index in [4.69, 9.17) is 10.9 Å². The van der Waals surface area contributed by atoms with Gasteiger partial charge in [-0.15, -0.1) is 0 Å². The molecule has 5 N–H and O–H groups in total. The maximum atomic E-state index is 13.1. The second-order valence-electron chi connectivity index (χ2n) is 5.75. The highest BCUT2D eigenvalue weighted by atomic mass is 32.1. The van der Waals surface area contributed by atoms with E-state index in [0.717, 1.165) is 11.8 Å². The average Bonchev–Trinajstić information content (AvgIpc) is 3.17. The summed E-state index contributed by atoms with van der Waals surface area (Å²) in [5, 5.41) is 10.9. The number of carbonyl (C=O) groups excluding carboxylic acids is 2. The number of hydrogen-bond donors (Lipinski definition) is 4. The summed E-state index contributed by atoms with van der Waals surface area (Å²) >= 11 is 1.25. The van der Waals surface area contributed by atoms with Crippen LogP contribution in [0.2, 0.25) is 0 Å². The quantitative estimate of drug-likeness (QED) is 0.345. The molecule has 0 bridgehead atoms. The Kier molecular flexibility index (Phi) is 6.57. The lowest BCUT2D eigenvalue weighted by atomic mass is 9.92. The molecule has 1 unspecified atom stereocenters. The lowest BCUT2D eigenvalue weighted by molar-refractivity contribution is -0.134. The summed E-state index contributed by atoms with van der Waals surface area (Å²) in [5.74, 6) is 3.74. The topological polar surface area (TPSA) is 117 Å². The molecule has 2 rings (SSSR count). The number of rotatable bonds is 5. The Hall–Kier alpha value is -2.87. The van der Waals surface area contributed by atoms with Gasteiger partial charge in [-0.1, -0.05) is 5.92 Å². The number of alkyl halides is 2. The van der Waals surface area contributed by atoms with Crippen molar-refractivity contribution < 1.29 is 23.6 Å². The predicted octanol–water partition coefficient (Wildman–Crippen LogP) is 1.13. The van der Waals surface area contributed by atoms with Gasteiger partial charge in [-0.05, 0) is 54.7 Å². The van der Waals surface area contributed by atoms with E-state index in [2.05, 4.69) is 21.5 Å². The number of halogens is 2. The Balaban J connectivity index is 2.15. The molecule has 142 valence electrons. The van der Waals surface area contributed by atoms with Crippen molar-refractivity contribution in [3.63, 3.8) is 0 Å². The number of nitrogens with two attached hydrogens (primary N) is 1. The number of amides is 2. The minimum atomic E-state index is -3.12. The predicted molar refractivity (Wildman–Crippen MR) is 94.3 cm³/mol. The van der Waals surface area contributed by atoms with Crippen LogP contribution in [0.1, 0.15) is 27.7 Å². The van der Waals surface area contributed by atoms with Gasteiger partial charge in [-0.25, -0.2) is 14.3 Å². The lowest BCUT2D eigenvalue weighted by Gasteiger charge is -2.32. The van der Waals surface area contributed by atoms with Crippen molar-refractivity contribution in [2.75, 3.05) is 0 Å². The number of benzene rings is 1. The largest absolute Gasteiger partial charge is 0.338 e. The summed E-state index contributed by atoms with van der Waals surface area (Å²) in [5.41, 5.74) is 5.04. The molecule has 1 aromatic carbocycles. The SMILES string of the molecule is CC(N)(C(F)F)[C@H](NC(=O)c1ccc(C#Cc2ccns2)cc1)C(=O)NO. The first-order valence-corrected chi connectivity index (χ1v) is 8.37. The first-order chi connectivity index (χ1) is 12.8. The van der Waals surface area contributed by atoms with Crippen LogP contribution in [0.4, 0.5) is 8.78 Å². The Morgan fingerprint density at radius 1 is 1.26 bits per heavy atom. The van der Waals surface area contributed by atoms with Crippen molar-refractivity contribution in [3.05, 3.63) is 52.5 Å². The second kappa shape index (κ2) is 8.68. The monoisotopic (exact) mass is 394 g/mol. The van der Waals surface area contributed by atoms with Crippen LogP contribution in [0, 0.1) is 11.8 Å². The van der Waals surface area contributed by atoms with Crippen LogP contribution < -0.4 is 16.5 Å². The van der Waals surface area contributed by atoms with Gasteiger partial charge in [0.2, 0.25) is 0 Å². The van der Waals surface area contributed by atoms with Gasteiger partial charge in [0.15, 0.2) is 0 Å². The first-order valence-electron chi connectivity index (χ1n) is 7.60. The summed E-state index contributed by atoms with van der Waals surface area (Å²) in [7, 11) is 0. The van der Waals surface area contributed by atoms with Gasteiger partial charge in [0, 0.05) is 17.3 Å². The van der Waals surface area contributed by atoms with E-state index in [0.29, 0.717) is 5.56 Å². The van der Waals surface area contributed by atoms with Crippen LogP contribution in [0.5, 0.6) is 0 Å². The molecule has 2 amide bonds. The molecule has 7 nitrogen and oxygen atoms in total. The normalized spacial score (nSPS) is 13.9. The van der Waals surface area contributed by atoms with E-state index in [9.17, 15) is 18.4 Å². The first kappa shape index (κ1) is 20.4. The molecule has 10 heteroatoms. The van der Waals surface area contributed by atoms with E-state index in [1.165, 1.54) is 29.1 Å². The van der Waals surface area contributed by atoms with Crippen molar-refractivity contribution in [1.29, 1.82) is 0 Å². The number of nitrogens with one attached hydrogen (secondary N) is 2. The molecule has 2 aromatic rings. The van der Waals surface area contributed by atoms with E-state index < -0.39 is 29.8 Å². The summed E-state index contributed by atoms with van der Waals surface area (Å²) in [6.07, 6.45) is -1.49. The minimum Gasteiger partial charge on any atom is -0.338 e. The summed E-state index contributed by atoms with van der Waals surface area (Å²) in [6, 6.07) is 5.91. The van der Waals surface area contributed by atoms with Crippen LogP contribution in [0.3, 0.4) is 0 Å². The van der Waals surface area contributed by atoms with Crippen LogP contribution >= 0.6 is 11.5 Å². The van der Waals surface area contributed by atoms with E-state index >= 15 is 0 Å². The summed E-state index contributed by atoms with van der Waals surface area (Å²) in [4.78, 5) is 24.7. The summed E-state index contributed by atoms with van der Waals surface area (Å²) in [6.45, 7) is 0.899. The molecule has 2 atom stereocenters. The molecule has 1 aromatic heterocycles. The van der Waals surface area contributed by atoms with Gasteiger partial charge < -0.3 is 11.1 Å². The Morgan fingerprint density at radius 3 is 2.44 bits per heavy atom. The number of aromatic nitrogens is 1. The van der Waals surface area contributed by atoms with Crippen molar-refractivity contribution in [2.45, 2.75) is 24.9 Å². The fourth-order valence-electron chi connectivity index (χ4n) is 2.03. The lowest BCUT2D eigenvalue weighted by Crippen LogP contribution is -2.66. The molecule has 1 heterocycles. The van der Waals surface area contributed by atoms with Crippen molar-refractivity contribution in [2.24, 2.45) is 5.73 Å². The molecule has 0 aliphatic carbocycles. The number of carbonyl (C=O) groups is 2. The maximum absolute atomic E-state index is 13.1. The van der Waals surface area contributed by atoms with Gasteiger partial charge >= 0.3 is 0 Å². The van der Waals surface area contributed by atoms with Gasteiger partial charge in [0.1, 0.15) is 11.6 Å². The minimum absolute atomic E-state index is 0.110. The van der Waals surface area contributed by atoms with E-state index in [1.807, 2.05) is 0 Å². The van der Waals surface area contributed by atoms with Crippen LogP contribution in [-0.4, -0.2) is 39.4 Å². The van der Waals surface area contributed by atoms with Crippen LogP contribution in [0.15, 0.2) is 36.5 Å². The Morgan fingerprint density at radius 2 is 1.93 bits per heavy atom. The zero-order valence-corrected chi connectivity index (χ0v) is 14.9. The third-order valence-corrected chi connectivity index (χ3v) is 4.32. The molecule has 0 fully saturated rings. The number of hydroxylamine groups is 1. The molecule has 0 radical (unpaired) electrons. The van der Waals surface area contributed by atoms with Gasteiger partial charge in [0.05, 0.1) is 4.88 Å². The fraction of sp³-hybridized carbons (Fsp3) is 0.235. The summed E-state index contributed by atoms with van der Waals surface area (Å²) < 4.78 is 30.1. The van der Waals surface area contributed by atoms with Gasteiger partial charge in [0.25, 0.3) is 18.2 Å². The molecule has 0 spiro atoms. The third-order valence-electron chi connectivity index (χ3n) is 3.65. The van der Waals surface area contributed by atoms with Crippen LogP contribution in [0.25, 0.3) is 0 Å². The zero-order valence-electron chi connectivity index (χ0n) is 14.1. The zero-order chi connectivity index (χ0) is 20.0. The average molecular weight is 394 g/mol. The highest BCUT2D eigenvalue weighted by Crippen LogP contribution is 2.18. The van der Waals surface area contributed by atoms with Crippen LogP contribution in [-0.2, 0) is 4.79 Å². The smallest absolute Gasteiger partial charge is 0.268 e. The third kappa shape index (κ3) is 5.07. The van der Waals surface area contributed by atoms with Gasteiger partial charge in [-0.2, -0.15) is 4.37 Å². The second-order valence-corrected chi connectivity index (χ2v) is 6.59. The maximum Gasteiger partial charge on any atom is 0.268 e. The fourth-order valence-corrected chi connectivity index (χ4v) is 2.48. The molecule has 0 aliphatic rings. The highest BCUT2D eigenvalue weighted by molar-refractivity contribution is 7.06. The van der Waals surface area contributed by atoms with Crippen molar-refractivity contribution >= 4 is 23.3 Å². The molecule has 0 saturated heterocycles.